The number of thioether (sulfide) groups is 1. The summed E-state index contributed by atoms with van der Waals surface area (Å²) in [7, 11) is 0. The second kappa shape index (κ2) is 7.61. The normalized spacial score (nSPS) is 16.1. The maximum Gasteiger partial charge on any atom is 0.338 e. The average molecular weight is 356 g/mol. The van der Waals surface area contributed by atoms with E-state index in [4.69, 9.17) is 4.74 Å². The lowest BCUT2D eigenvalue weighted by Crippen LogP contribution is -2.41. The molecule has 5 nitrogen and oxygen atoms in total. The van der Waals surface area contributed by atoms with E-state index in [0.29, 0.717) is 29.7 Å². The number of amides is 2. The third-order valence-corrected chi connectivity index (χ3v) is 4.97. The first-order chi connectivity index (χ1) is 12.1. The standard InChI is InChI=1S/C19H20N2O3S/c1-3-24-18(22)14-8-10-15(11-9-14)20-19(23)21-12-13(2)25-17-7-5-4-6-16(17)21/h4-11,13H,3,12H2,1-2H3,(H,20,23). The van der Waals surface area contributed by atoms with Crippen molar-refractivity contribution in [3.8, 4) is 0 Å². The minimum atomic E-state index is -0.365. The highest BCUT2D eigenvalue weighted by Crippen LogP contribution is 2.38. The van der Waals surface area contributed by atoms with Crippen molar-refractivity contribution in [3.63, 3.8) is 0 Å². The average Bonchev–Trinajstić information content (AvgIpc) is 2.61. The number of anilines is 2. The molecule has 0 radical (unpaired) electrons. The maximum absolute atomic E-state index is 12.7. The summed E-state index contributed by atoms with van der Waals surface area (Å²) in [5.74, 6) is -0.365. The SMILES string of the molecule is CCOC(=O)c1ccc(NC(=O)N2CC(C)Sc3ccccc32)cc1. The lowest BCUT2D eigenvalue weighted by molar-refractivity contribution is 0.0526. The summed E-state index contributed by atoms with van der Waals surface area (Å²) >= 11 is 1.78. The number of nitrogens with zero attached hydrogens (tertiary/aromatic N) is 1. The van der Waals surface area contributed by atoms with Gasteiger partial charge in [-0.1, -0.05) is 19.1 Å². The third-order valence-electron chi connectivity index (χ3n) is 3.82. The molecular weight excluding hydrogens is 336 g/mol. The second-order valence-electron chi connectivity index (χ2n) is 5.73. The maximum atomic E-state index is 12.7. The molecule has 2 aromatic rings. The molecule has 1 atom stereocenters. The molecule has 0 saturated heterocycles. The quantitative estimate of drug-likeness (QED) is 0.829. The van der Waals surface area contributed by atoms with Gasteiger partial charge in [0.1, 0.15) is 0 Å². The Labute approximate surface area is 151 Å². The number of nitrogens with one attached hydrogen (secondary N) is 1. The molecule has 3 rings (SSSR count). The predicted molar refractivity (Wildman–Crippen MR) is 101 cm³/mol. The Balaban J connectivity index is 1.73. The Morgan fingerprint density at radius 3 is 2.64 bits per heavy atom. The van der Waals surface area contributed by atoms with Gasteiger partial charge in [-0.3, -0.25) is 4.90 Å². The summed E-state index contributed by atoms with van der Waals surface area (Å²) in [5.41, 5.74) is 2.03. The minimum absolute atomic E-state index is 0.177. The minimum Gasteiger partial charge on any atom is -0.462 e. The van der Waals surface area contributed by atoms with Crippen LogP contribution in [0.5, 0.6) is 0 Å². The molecule has 2 amide bonds. The molecule has 0 saturated carbocycles. The molecule has 0 aliphatic carbocycles. The molecule has 0 aromatic heterocycles. The van der Waals surface area contributed by atoms with Crippen LogP contribution in [-0.2, 0) is 4.74 Å². The fraction of sp³-hybridized carbons (Fsp3) is 0.263. The van der Waals surface area contributed by atoms with Crippen LogP contribution in [0.3, 0.4) is 0 Å². The van der Waals surface area contributed by atoms with Gasteiger partial charge in [-0.25, -0.2) is 9.59 Å². The molecule has 1 heterocycles. The second-order valence-corrected chi connectivity index (χ2v) is 7.22. The van der Waals surface area contributed by atoms with E-state index in [1.807, 2.05) is 24.3 Å². The van der Waals surface area contributed by atoms with Crippen LogP contribution in [0.2, 0.25) is 0 Å². The van der Waals surface area contributed by atoms with Crippen LogP contribution < -0.4 is 10.2 Å². The first-order valence-electron chi connectivity index (χ1n) is 8.20. The van der Waals surface area contributed by atoms with Crippen LogP contribution in [0.25, 0.3) is 0 Å². The zero-order valence-corrected chi connectivity index (χ0v) is 15.0. The smallest absolute Gasteiger partial charge is 0.338 e. The fourth-order valence-corrected chi connectivity index (χ4v) is 3.79. The molecule has 0 fully saturated rings. The number of rotatable bonds is 3. The molecule has 6 heteroatoms. The van der Waals surface area contributed by atoms with Crippen molar-refractivity contribution < 1.29 is 14.3 Å². The third kappa shape index (κ3) is 3.96. The van der Waals surface area contributed by atoms with Crippen LogP contribution >= 0.6 is 11.8 Å². The number of ether oxygens (including phenoxy) is 1. The Bertz CT molecular complexity index is 776. The van der Waals surface area contributed by atoms with Gasteiger partial charge < -0.3 is 10.1 Å². The number of para-hydroxylation sites is 1. The highest BCUT2D eigenvalue weighted by molar-refractivity contribution is 8.00. The van der Waals surface area contributed by atoms with Gasteiger partial charge in [0, 0.05) is 22.4 Å². The van der Waals surface area contributed by atoms with Gasteiger partial charge in [0.05, 0.1) is 17.9 Å². The Morgan fingerprint density at radius 1 is 1.20 bits per heavy atom. The van der Waals surface area contributed by atoms with Crippen LogP contribution in [0.1, 0.15) is 24.2 Å². The summed E-state index contributed by atoms with van der Waals surface area (Å²) in [6.07, 6.45) is 0. The van der Waals surface area contributed by atoms with Gasteiger partial charge in [-0.2, -0.15) is 0 Å². The van der Waals surface area contributed by atoms with Crippen molar-refractivity contribution in [2.75, 3.05) is 23.4 Å². The molecule has 130 valence electrons. The number of fused-ring (bicyclic) bond motifs is 1. The zero-order chi connectivity index (χ0) is 17.8. The first kappa shape index (κ1) is 17.4. The molecule has 0 spiro atoms. The van der Waals surface area contributed by atoms with Gasteiger partial charge in [-0.05, 0) is 43.3 Å². The summed E-state index contributed by atoms with van der Waals surface area (Å²) in [5, 5.41) is 3.22. The van der Waals surface area contributed by atoms with Crippen molar-refractivity contribution in [3.05, 3.63) is 54.1 Å². The van der Waals surface area contributed by atoms with Crippen LogP contribution in [0.15, 0.2) is 53.4 Å². The highest BCUT2D eigenvalue weighted by atomic mass is 32.2. The van der Waals surface area contributed by atoms with Gasteiger partial charge in [-0.15, -0.1) is 11.8 Å². The number of hydrogen-bond acceptors (Lipinski definition) is 4. The predicted octanol–water partition coefficient (Wildman–Crippen LogP) is 4.40. The van der Waals surface area contributed by atoms with Gasteiger partial charge >= 0.3 is 12.0 Å². The van der Waals surface area contributed by atoms with Gasteiger partial charge in [0.15, 0.2) is 0 Å². The molecular formula is C19H20N2O3S. The van der Waals surface area contributed by atoms with E-state index < -0.39 is 0 Å². The largest absolute Gasteiger partial charge is 0.462 e. The van der Waals surface area contributed by atoms with Crippen molar-refractivity contribution in [1.29, 1.82) is 0 Å². The summed E-state index contributed by atoms with van der Waals surface area (Å²) in [6.45, 7) is 4.85. The highest BCUT2D eigenvalue weighted by Gasteiger charge is 2.26. The van der Waals surface area contributed by atoms with Crippen molar-refractivity contribution in [2.45, 2.75) is 24.0 Å². The molecule has 0 bridgehead atoms. The Kier molecular flexibility index (Phi) is 5.28. The van der Waals surface area contributed by atoms with Crippen molar-refractivity contribution in [2.24, 2.45) is 0 Å². The molecule has 1 aliphatic rings. The van der Waals surface area contributed by atoms with E-state index in [1.165, 1.54) is 0 Å². The zero-order valence-electron chi connectivity index (χ0n) is 14.2. The van der Waals surface area contributed by atoms with Crippen LogP contribution in [0.4, 0.5) is 16.2 Å². The number of esters is 1. The van der Waals surface area contributed by atoms with Crippen LogP contribution in [0, 0.1) is 0 Å². The Morgan fingerprint density at radius 2 is 1.92 bits per heavy atom. The number of urea groups is 1. The van der Waals surface area contributed by atoms with E-state index >= 15 is 0 Å². The monoisotopic (exact) mass is 356 g/mol. The van der Waals surface area contributed by atoms with Gasteiger partial charge in [0.2, 0.25) is 0 Å². The molecule has 1 N–H and O–H groups in total. The van der Waals surface area contributed by atoms with Crippen molar-refractivity contribution in [1.82, 2.24) is 0 Å². The van der Waals surface area contributed by atoms with Crippen LogP contribution in [-0.4, -0.2) is 30.4 Å². The van der Waals surface area contributed by atoms with E-state index in [0.717, 1.165) is 10.6 Å². The summed E-state index contributed by atoms with van der Waals surface area (Å²) in [4.78, 5) is 27.3. The van der Waals surface area contributed by atoms with E-state index in [-0.39, 0.29) is 12.0 Å². The molecule has 1 unspecified atom stereocenters. The lowest BCUT2D eigenvalue weighted by Gasteiger charge is -2.32. The molecule has 25 heavy (non-hydrogen) atoms. The van der Waals surface area contributed by atoms with E-state index in [9.17, 15) is 9.59 Å². The van der Waals surface area contributed by atoms with E-state index in [1.54, 1.807) is 47.9 Å². The summed E-state index contributed by atoms with van der Waals surface area (Å²) in [6, 6.07) is 14.4. The topological polar surface area (TPSA) is 58.6 Å². The first-order valence-corrected chi connectivity index (χ1v) is 9.08. The van der Waals surface area contributed by atoms with E-state index in [2.05, 4.69) is 12.2 Å². The fourth-order valence-electron chi connectivity index (χ4n) is 2.68. The van der Waals surface area contributed by atoms with Gasteiger partial charge in [0.25, 0.3) is 0 Å². The molecule has 1 aliphatic heterocycles. The lowest BCUT2D eigenvalue weighted by atomic mass is 10.2. The summed E-state index contributed by atoms with van der Waals surface area (Å²) < 4.78 is 4.96. The number of carbonyl (C=O) groups excluding carboxylic acids is 2. The Hall–Kier alpha value is -2.47. The van der Waals surface area contributed by atoms with Crippen molar-refractivity contribution >= 4 is 35.1 Å². The number of carbonyl (C=O) groups is 2. The number of benzene rings is 2. The molecule has 2 aromatic carbocycles. The number of hydrogen-bond donors (Lipinski definition) is 1.